The Morgan fingerprint density at radius 3 is 2.65 bits per heavy atom. The molecule has 1 aromatic rings. The van der Waals surface area contributed by atoms with E-state index in [9.17, 15) is 9.59 Å². The highest BCUT2D eigenvalue weighted by molar-refractivity contribution is 6.34. The van der Waals surface area contributed by atoms with Crippen LogP contribution in [0.4, 0.5) is 4.79 Å². The third-order valence-corrected chi connectivity index (χ3v) is 3.59. The molecular weight excluding hydrogens is 320 g/mol. The number of aryl methyl sites for hydroxylation is 1. The normalized spacial score (nSPS) is 19.9. The fraction of sp³-hybridized carbons (Fsp3) is 0.667. The molecule has 7 nitrogen and oxygen atoms in total. The Morgan fingerprint density at radius 1 is 1.35 bits per heavy atom. The summed E-state index contributed by atoms with van der Waals surface area (Å²) in [5.74, 6) is -1.33. The number of amides is 2. The third kappa shape index (κ3) is 3.96. The van der Waals surface area contributed by atoms with Gasteiger partial charge in [-0.05, 0) is 27.2 Å². The Kier molecular flexibility index (Phi) is 3.03. The van der Waals surface area contributed by atoms with Crippen molar-refractivity contribution in [2.75, 3.05) is 20.5 Å². The van der Waals surface area contributed by atoms with Crippen molar-refractivity contribution in [3.63, 3.8) is 0 Å². The van der Waals surface area contributed by atoms with Crippen LogP contribution in [0.3, 0.4) is 0 Å². The lowest BCUT2D eigenvalue weighted by atomic mass is 10.2. The van der Waals surface area contributed by atoms with Crippen molar-refractivity contribution in [3.05, 3.63) is 16.4 Å². The largest absolute Gasteiger partial charge is 0.444 e. The van der Waals surface area contributed by atoms with E-state index < -0.39 is 37.2 Å². The Bertz CT molecular complexity index is 786. The second kappa shape index (κ2) is 6.39. The van der Waals surface area contributed by atoms with Crippen molar-refractivity contribution in [2.24, 2.45) is 0 Å². The zero-order chi connectivity index (χ0) is 22.4. The molecule has 0 N–H and O–H groups in total. The number of fused-ring (bicyclic) bond motifs is 1. The SMILES string of the molecule is [2H]C([2H])([2H])N(C(=O)c1nn2c(c1Cl)CN(C(=O)OC(C)(C)C)CCC2)C([2H])([2H])[2H]. The molecule has 0 unspecified atom stereocenters. The van der Waals surface area contributed by atoms with Gasteiger partial charge in [-0.1, -0.05) is 11.6 Å². The molecule has 128 valence electrons. The second-order valence-corrected chi connectivity index (χ2v) is 6.61. The van der Waals surface area contributed by atoms with Crippen LogP contribution in [-0.4, -0.2) is 57.7 Å². The Balaban J connectivity index is 2.38. The lowest BCUT2D eigenvalue weighted by Crippen LogP contribution is -2.36. The Morgan fingerprint density at radius 2 is 2.04 bits per heavy atom. The highest BCUT2D eigenvalue weighted by Gasteiger charge is 2.29. The van der Waals surface area contributed by atoms with Crippen LogP contribution >= 0.6 is 11.6 Å². The second-order valence-electron chi connectivity index (χ2n) is 6.23. The minimum Gasteiger partial charge on any atom is -0.444 e. The van der Waals surface area contributed by atoms with Crippen LogP contribution in [0.25, 0.3) is 0 Å². The van der Waals surface area contributed by atoms with Gasteiger partial charge in [-0.25, -0.2) is 4.79 Å². The summed E-state index contributed by atoms with van der Waals surface area (Å²) in [4.78, 5) is 26.3. The summed E-state index contributed by atoms with van der Waals surface area (Å²) in [6.07, 6.45) is -0.0807. The maximum Gasteiger partial charge on any atom is 0.410 e. The van der Waals surface area contributed by atoms with Gasteiger partial charge in [0.2, 0.25) is 0 Å². The maximum absolute atomic E-state index is 12.7. The lowest BCUT2D eigenvalue weighted by Gasteiger charge is -2.26. The summed E-state index contributed by atoms with van der Waals surface area (Å²) in [5, 5.41) is 3.85. The van der Waals surface area contributed by atoms with Crippen molar-refractivity contribution in [2.45, 2.75) is 45.9 Å². The Labute approximate surface area is 149 Å². The number of halogens is 1. The molecule has 1 aliphatic heterocycles. The van der Waals surface area contributed by atoms with Crippen LogP contribution in [-0.2, 0) is 17.8 Å². The number of hydrogen-bond donors (Lipinski definition) is 0. The molecule has 0 atom stereocenters. The van der Waals surface area contributed by atoms with Gasteiger partial charge in [0.1, 0.15) is 5.60 Å². The monoisotopic (exact) mass is 348 g/mol. The molecule has 2 heterocycles. The Hall–Kier alpha value is -1.76. The van der Waals surface area contributed by atoms with Gasteiger partial charge in [0.15, 0.2) is 5.69 Å². The van der Waals surface area contributed by atoms with Gasteiger partial charge < -0.3 is 14.5 Å². The molecule has 2 amide bonds. The summed E-state index contributed by atoms with van der Waals surface area (Å²) >= 11 is 6.28. The van der Waals surface area contributed by atoms with Gasteiger partial charge in [0.25, 0.3) is 5.91 Å². The number of hydrogen-bond acceptors (Lipinski definition) is 4. The zero-order valence-electron chi connectivity index (χ0n) is 19.2. The van der Waals surface area contributed by atoms with Crippen LogP contribution < -0.4 is 0 Å². The molecule has 0 aliphatic carbocycles. The summed E-state index contributed by atoms with van der Waals surface area (Å²) in [6, 6.07) is 0. The molecule has 0 fully saturated rings. The molecule has 0 saturated carbocycles. The summed E-state index contributed by atoms with van der Waals surface area (Å²) in [7, 11) is 0. The van der Waals surface area contributed by atoms with Gasteiger partial charge >= 0.3 is 6.09 Å². The van der Waals surface area contributed by atoms with E-state index in [0.29, 0.717) is 25.2 Å². The summed E-state index contributed by atoms with van der Waals surface area (Å²) in [6.45, 7) is -0.573. The molecule has 0 bridgehead atoms. The predicted molar refractivity (Wildman–Crippen MR) is 86.5 cm³/mol. The molecule has 2 rings (SSSR count). The molecule has 1 aromatic heterocycles. The van der Waals surface area contributed by atoms with Crippen LogP contribution in [0.5, 0.6) is 0 Å². The molecule has 8 heteroatoms. The highest BCUT2D eigenvalue weighted by atomic mass is 35.5. The van der Waals surface area contributed by atoms with Gasteiger partial charge in [0.05, 0.1) is 17.3 Å². The standard InChI is InChI=1S/C15H23ClN4O3/c1-15(2,3)23-14(22)19-7-6-8-20-10(9-19)11(16)12(17-20)13(21)18(4)5/h6-9H2,1-5H3/i4D3,5D3. The fourth-order valence-corrected chi connectivity index (χ4v) is 2.48. The van der Waals surface area contributed by atoms with Gasteiger partial charge in [-0.3, -0.25) is 9.48 Å². The number of carbonyl (C=O) groups is 2. The fourth-order valence-electron chi connectivity index (χ4n) is 2.21. The van der Waals surface area contributed by atoms with E-state index in [2.05, 4.69) is 5.10 Å². The van der Waals surface area contributed by atoms with E-state index in [1.54, 1.807) is 20.8 Å². The van der Waals surface area contributed by atoms with E-state index in [4.69, 9.17) is 24.6 Å². The summed E-state index contributed by atoms with van der Waals surface area (Å²) < 4.78 is 51.1. The number of aromatic nitrogens is 2. The first-order chi connectivity index (χ1) is 13.0. The number of rotatable bonds is 1. The van der Waals surface area contributed by atoms with Crippen molar-refractivity contribution < 1.29 is 22.6 Å². The van der Waals surface area contributed by atoms with E-state index in [1.165, 1.54) is 9.58 Å². The maximum atomic E-state index is 12.7. The smallest absolute Gasteiger partial charge is 0.410 e. The van der Waals surface area contributed by atoms with Crippen molar-refractivity contribution in [3.8, 4) is 0 Å². The van der Waals surface area contributed by atoms with Gasteiger partial charge in [0, 0.05) is 35.3 Å². The van der Waals surface area contributed by atoms with Gasteiger partial charge in [-0.2, -0.15) is 5.10 Å². The van der Waals surface area contributed by atoms with Crippen molar-refractivity contribution in [1.82, 2.24) is 19.6 Å². The average Bonchev–Trinajstić information content (AvgIpc) is 2.67. The van der Waals surface area contributed by atoms with Crippen molar-refractivity contribution in [1.29, 1.82) is 0 Å². The first-order valence-corrected chi connectivity index (χ1v) is 7.48. The van der Waals surface area contributed by atoms with E-state index in [1.807, 2.05) is 0 Å². The van der Waals surface area contributed by atoms with E-state index in [0.717, 1.165) is 0 Å². The zero-order valence-corrected chi connectivity index (χ0v) is 14.0. The van der Waals surface area contributed by atoms with E-state index in [-0.39, 0.29) is 16.5 Å². The number of nitrogens with zero attached hydrogens (tertiary/aromatic N) is 4. The summed E-state index contributed by atoms with van der Waals surface area (Å²) in [5.41, 5.74) is -0.886. The third-order valence-electron chi connectivity index (χ3n) is 3.19. The molecule has 0 saturated heterocycles. The quantitative estimate of drug-likeness (QED) is 0.781. The predicted octanol–water partition coefficient (Wildman–Crippen LogP) is 2.38. The van der Waals surface area contributed by atoms with Crippen LogP contribution in [0.15, 0.2) is 0 Å². The molecule has 1 aliphatic rings. The molecule has 0 radical (unpaired) electrons. The topological polar surface area (TPSA) is 67.7 Å². The van der Waals surface area contributed by atoms with Gasteiger partial charge in [-0.15, -0.1) is 0 Å². The molecular formula is C15H23ClN4O3. The minimum absolute atomic E-state index is 0.0183. The van der Waals surface area contributed by atoms with E-state index >= 15 is 0 Å². The first-order valence-electron chi connectivity index (χ1n) is 10.1. The van der Waals surface area contributed by atoms with Crippen LogP contribution in [0, 0.1) is 0 Å². The molecule has 0 aromatic carbocycles. The van der Waals surface area contributed by atoms with Crippen LogP contribution in [0.2, 0.25) is 5.02 Å². The van der Waals surface area contributed by atoms with Crippen LogP contribution in [0.1, 0.15) is 51.6 Å². The highest BCUT2D eigenvalue weighted by Crippen LogP contribution is 2.26. The number of ether oxygens (including phenoxy) is 1. The lowest BCUT2D eigenvalue weighted by molar-refractivity contribution is 0.0236. The first kappa shape index (κ1) is 10.9. The molecule has 0 spiro atoms. The number of carbonyl (C=O) groups excluding carboxylic acids is 2. The minimum atomic E-state index is -3.21. The van der Waals surface area contributed by atoms with Crippen molar-refractivity contribution >= 4 is 23.6 Å². The average molecular weight is 349 g/mol. The molecule has 23 heavy (non-hydrogen) atoms.